The summed E-state index contributed by atoms with van der Waals surface area (Å²) in [4.78, 5) is 27.8. The van der Waals surface area contributed by atoms with Crippen LogP contribution in [0.4, 0.5) is 4.79 Å². The number of carbonyl (C=O) groups excluding carboxylic acids is 1. The lowest BCUT2D eigenvalue weighted by Gasteiger charge is -2.17. The Bertz CT molecular complexity index is 1020. The Morgan fingerprint density at radius 3 is 2.31 bits per heavy atom. The smallest absolute Gasteiger partial charge is 0.407 e. The third kappa shape index (κ3) is 4.11. The molecule has 1 aliphatic carbocycles. The highest BCUT2D eigenvalue weighted by molar-refractivity contribution is 7.15. The van der Waals surface area contributed by atoms with Gasteiger partial charge < -0.3 is 15.2 Å². The van der Waals surface area contributed by atoms with E-state index in [1.807, 2.05) is 48.5 Å². The van der Waals surface area contributed by atoms with Crippen molar-refractivity contribution in [2.75, 3.05) is 6.61 Å². The van der Waals surface area contributed by atoms with Gasteiger partial charge in [-0.15, -0.1) is 11.3 Å². The number of carboxylic acid groups (broad SMARTS) is 1. The Morgan fingerprint density at radius 1 is 1.14 bits per heavy atom. The predicted octanol–water partition coefficient (Wildman–Crippen LogP) is 4.33. The molecule has 0 saturated carbocycles. The van der Waals surface area contributed by atoms with E-state index in [0.29, 0.717) is 9.34 Å². The van der Waals surface area contributed by atoms with Crippen LogP contribution in [0.5, 0.6) is 0 Å². The van der Waals surface area contributed by atoms with Crippen molar-refractivity contribution in [2.45, 2.75) is 18.4 Å². The van der Waals surface area contributed by atoms with Gasteiger partial charge in [0, 0.05) is 12.3 Å². The first-order valence-corrected chi connectivity index (χ1v) is 10.2. The van der Waals surface area contributed by atoms with Crippen LogP contribution in [-0.2, 0) is 16.0 Å². The summed E-state index contributed by atoms with van der Waals surface area (Å²) in [5, 5.41) is 12.3. The summed E-state index contributed by atoms with van der Waals surface area (Å²) in [7, 11) is 0. The van der Waals surface area contributed by atoms with Crippen LogP contribution in [0.2, 0.25) is 4.34 Å². The lowest BCUT2D eigenvalue weighted by molar-refractivity contribution is -0.139. The van der Waals surface area contributed by atoms with Crippen LogP contribution in [0.15, 0.2) is 54.7 Å². The van der Waals surface area contributed by atoms with Crippen LogP contribution in [-0.4, -0.2) is 34.8 Å². The maximum atomic E-state index is 12.3. The van der Waals surface area contributed by atoms with Gasteiger partial charge in [-0.1, -0.05) is 60.1 Å². The van der Waals surface area contributed by atoms with Crippen molar-refractivity contribution in [1.29, 1.82) is 0 Å². The molecule has 0 spiro atoms. The van der Waals surface area contributed by atoms with Crippen molar-refractivity contribution < 1.29 is 19.4 Å². The Kier molecular flexibility index (Phi) is 5.51. The molecular formula is C21H17ClN2O4S. The molecule has 0 radical (unpaired) electrons. The minimum Gasteiger partial charge on any atom is -0.480 e. The number of carbonyl (C=O) groups is 2. The highest BCUT2D eigenvalue weighted by Gasteiger charge is 2.30. The summed E-state index contributed by atoms with van der Waals surface area (Å²) in [6, 6.07) is 14.9. The highest BCUT2D eigenvalue weighted by Crippen LogP contribution is 2.44. The Hall–Kier alpha value is -2.90. The quantitative estimate of drug-likeness (QED) is 0.610. The number of ether oxygens (including phenoxy) is 1. The number of fused-ring (bicyclic) bond motifs is 3. The number of carboxylic acids is 1. The van der Waals surface area contributed by atoms with E-state index < -0.39 is 18.1 Å². The van der Waals surface area contributed by atoms with Crippen LogP contribution < -0.4 is 5.32 Å². The molecule has 1 unspecified atom stereocenters. The van der Waals surface area contributed by atoms with Gasteiger partial charge >= 0.3 is 12.1 Å². The van der Waals surface area contributed by atoms with Crippen molar-refractivity contribution in [1.82, 2.24) is 10.3 Å². The molecule has 0 aliphatic heterocycles. The van der Waals surface area contributed by atoms with Gasteiger partial charge in [-0.2, -0.15) is 0 Å². The van der Waals surface area contributed by atoms with Gasteiger partial charge in [0.15, 0.2) is 0 Å². The maximum absolute atomic E-state index is 12.3. The van der Waals surface area contributed by atoms with Crippen molar-refractivity contribution in [3.8, 4) is 11.1 Å². The third-order valence-electron chi connectivity index (χ3n) is 4.84. The fourth-order valence-electron chi connectivity index (χ4n) is 3.54. The number of aromatic nitrogens is 1. The number of rotatable bonds is 6. The summed E-state index contributed by atoms with van der Waals surface area (Å²) in [6.45, 7) is 0.120. The summed E-state index contributed by atoms with van der Waals surface area (Å²) >= 11 is 7.01. The number of hydrogen-bond acceptors (Lipinski definition) is 5. The number of hydrogen-bond donors (Lipinski definition) is 2. The molecule has 8 heteroatoms. The molecule has 2 N–H and O–H groups in total. The lowest BCUT2D eigenvalue weighted by atomic mass is 9.98. The van der Waals surface area contributed by atoms with Crippen molar-refractivity contribution in [3.05, 3.63) is 75.2 Å². The fraction of sp³-hybridized carbons (Fsp3) is 0.190. The highest BCUT2D eigenvalue weighted by atomic mass is 35.5. The van der Waals surface area contributed by atoms with Gasteiger partial charge in [-0.25, -0.2) is 14.6 Å². The monoisotopic (exact) mass is 428 g/mol. The Morgan fingerprint density at radius 2 is 1.76 bits per heavy atom. The van der Waals surface area contributed by atoms with Gasteiger partial charge in [-0.3, -0.25) is 0 Å². The maximum Gasteiger partial charge on any atom is 0.407 e. The summed E-state index contributed by atoms with van der Waals surface area (Å²) in [5.41, 5.74) is 4.43. The minimum absolute atomic E-state index is 0.0386. The van der Waals surface area contributed by atoms with Crippen LogP contribution in [0, 0.1) is 0 Å². The van der Waals surface area contributed by atoms with Crippen molar-refractivity contribution in [2.24, 2.45) is 0 Å². The van der Waals surface area contributed by atoms with E-state index in [1.54, 1.807) is 0 Å². The molecule has 1 aliphatic rings. The van der Waals surface area contributed by atoms with E-state index in [4.69, 9.17) is 16.3 Å². The first-order chi connectivity index (χ1) is 14.0. The predicted molar refractivity (Wildman–Crippen MR) is 110 cm³/mol. The molecule has 1 heterocycles. The van der Waals surface area contributed by atoms with E-state index in [-0.39, 0.29) is 18.9 Å². The average Bonchev–Trinajstić information content (AvgIpc) is 3.27. The molecule has 0 bridgehead atoms. The molecule has 6 nitrogen and oxygen atoms in total. The lowest BCUT2D eigenvalue weighted by Crippen LogP contribution is -2.42. The standard InChI is InChI=1S/C21H17ClN2O4S/c22-18-10-23-19(29-18)9-17(20(25)26)24-21(27)28-11-16-14-7-3-1-5-12(14)13-6-2-4-8-15(13)16/h1-8,10,16-17H,9,11H2,(H,24,27)(H,25,26). The molecule has 2 aromatic carbocycles. The molecular weight excluding hydrogens is 412 g/mol. The number of aliphatic carboxylic acids is 1. The summed E-state index contributed by atoms with van der Waals surface area (Å²) in [6.07, 6.45) is 0.715. The molecule has 148 valence electrons. The molecule has 0 fully saturated rings. The molecule has 4 rings (SSSR count). The van der Waals surface area contributed by atoms with Crippen LogP contribution in [0.25, 0.3) is 11.1 Å². The molecule has 1 amide bonds. The number of benzene rings is 2. The van der Waals surface area contributed by atoms with Crippen molar-refractivity contribution in [3.63, 3.8) is 0 Å². The van der Waals surface area contributed by atoms with Crippen molar-refractivity contribution >= 4 is 35.0 Å². The number of alkyl carbamates (subject to hydrolysis) is 1. The SMILES string of the molecule is O=C(NC(Cc1ncc(Cl)s1)C(=O)O)OCC1c2ccccc2-c2ccccc21. The van der Waals surface area contributed by atoms with Gasteiger partial charge in [0.25, 0.3) is 0 Å². The first kappa shape index (κ1) is 19.4. The third-order valence-corrected chi connectivity index (χ3v) is 5.98. The largest absolute Gasteiger partial charge is 0.480 e. The van der Waals surface area contributed by atoms with Crippen LogP contribution in [0.1, 0.15) is 22.1 Å². The fourth-order valence-corrected chi connectivity index (χ4v) is 4.54. The van der Waals surface area contributed by atoms with E-state index in [9.17, 15) is 14.7 Å². The summed E-state index contributed by atoms with van der Waals surface area (Å²) in [5.74, 6) is -1.25. The van der Waals surface area contributed by atoms with E-state index in [0.717, 1.165) is 22.3 Å². The molecule has 0 saturated heterocycles. The topological polar surface area (TPSA) is 88.5 Å². The molecule has 1 aromatic heterocycles. The van der Waals surface area contributed by atoms with Gasteiger partial charge in [0.05, 0.1) is 11.2 Å². The zero-order valence-corrected chi connectivity index (χ0v) is 16.7. The molecule has 1 atom stereocenters. The minimum atomic E-state index is -1.16. The number of nitrogens with one attached hydrogen (secondary N) is 1. The number of amides is 1. The zero-order valence-electron chi connectivity index (χ0n) is 15.2. The zero-order chi connectivity index (χ0) is 20.4. The molecule has 3 aromatic rings. The number of halogens is 1. The van der Waals surface area contributed by atoms with Crippen LogP contribution in [0.3, 0.4) is 0 Å². The number of nitrogens with zero attached hydrogens (tertiary/aromatic N) is 1. The summed E-state index contributed by atoms with van der Waals surface area (Å²) < 4.78 is 5.87. The second-order valence-corrected chi connectivity index (χ2v) is 8.37. The average molecular weight is 429 g/mol. The normalized spacial score (nSPS) is 13.4. The first-order valence-electron chi connectivity index (χ1n) is 8.97. The number of thiazole rings is 1. The van der Waals surface area contributed by atoms with E-state index >= 15 is 0 Å². The second kappa shape index (κ2) is 8.23. The van der Waals surface area contributed by atoms with E-state index in [2.05, 4.69) is 10.3 Å². The van der Waals surface area contributed by atoms with Crippen LogP contribution >= 0.6 is 22.9 Å². The molecule has 29 heavy (non-hydrogen) atoms. The Labute approximate surface area is 176 Å². The van der Waals surface area contributed by atoms with E-state index in [1.165, 1.54) is 17.5 Å². The second-order valence-electron chi connectivity index (χ2n) is 6.62. The van der Waals surface area contributed by atoms with Gasteiger partial charge in [-0.05, 0) is 22.3 Å². The van der Waals surface area contributed by atoms with Gasteiger partial charge in [0.2, 0.25) is 0 Å². The van der Waals surface area contributed by atoms with Gasteiger partial charge in [0.1, 0.15) is 17.0 Å². The Balaban J connectivity index is 1.43.